The Kier molecular flexibility index (Phi) is 4.31. The number of esters is 1. The first kappa shape index (κ1) is 11.7. The SMILES string of the molecule is COC(=O)Cc1ccc(C(=O)CCl)cc1. The highest BCUT2D eigenvalue weighted by Crippen LogP contribution is 2.07. The van der Waals surface area contributed by atoms with Crippen LogP contribution in [-0.2, 0) is 16.0 Å². The van der Waals surface area contributed by atoms with Crippen LogP contribution in [0.2, 0.25) is 0 Å². The Labute approximate surface area is 93.0 Å². The lowest BCUT2D eigenvalue weighted by molar-refractivity contribution is -0.139. The molecule has 0 fully saturated rings. The van der Waals surface area contributed by atoms with Gasteiger partial charge in [0.05, 0.1) is 19.4 Å². The molecule has 0 atom stereocenters. The van der Waals surface area contributed by atoms with Crippen molar-refractivity contribution in [1.29, 1.82) is 0 Å². The Morgan fingerprint density at radius 1 is 1.27 bits per heavy atom. The minimum absolute atomic E-state index is 0.0314. The molecular formula is C11H11ClO3. The van der Waals surface area contributed by atoms with Crippen LogP contribution >= 0.6 is 11.6 Å². The Bertz CT molecular complexity index is 357. The predicted octanol–water partition coefficient (Wildman–Crippen LogP) is 1.82. The Morgan fingerprint density at radius 2 is 1.87 bits per heavy atom. The van der Waals surface area contributed by atoms with Crippen LogP contribution in [0.4, 0.5) is 0 Å². The molecule has 1 rings (SSSR count). The van der Waals surface area contributed by atoms with Crippen molar-refractivity contribution >= 4 is 23.4 Å². The molecule has 0 bridgehead atoms. The number of halogens is 1. The summed E-state index contributed by atoms with van der Waals surface area (Å²) in [5.41, 5.74) is 1.37. The summed E-state index contributed by atoms with van der Waals surface area (Å²) < 4.78 is 4.53. The van der Waals surface area contributed by atoms with Crippen molar-refractivity contribution in [2.24, 2.45) is 0 Å². The van der Waals surface area contributed by atoms with E-state index in [0.29, 0.717) is 5.56 Å². The van der Waals surface area contributed by atoms with Gasteiger partial charge in [0.25, 0.3) is 0 Å². The molecule has 15 heavy (non-hydrogen) atoms. The maximum atomic E-state index is 11.2. The van der Waals surface area contributed by atoms with Crippen molar-refractivity contribution in [3.05, 3.63) is 35.4 Å². The maximum Gasteiger partial charge on any atom is 0.309 e. The molecule has 0 heterocycles. The number of rotatable bonds is 4. The lowest BCUT2D eigenvalue weighted by Gasteiger charge is -2.01. The van der Waals surface area contributed by atoms with E-state index in [1.54, 1.807) is 24.3 Å². The maximum absolute atomic E-state index is 11.2. The number of ether oxygens (including phenoxy) is 1. The molecule has 0 aliphatic carbocycles. The van der Waals surface area contributed by atoms with Crippen LogP contribution in [0.25, 0.3) is 0 Å². The number of Topliss-reactive ketones (excluding diaryl/α,β-unsaturated/α-hetero) is 1. The van der Waals surface area contributed by atoms with Gasteiger partial charge in [-0.3, -0.25) is 9.59 Å². The average Bonchev–Trinajstić information content (AvgIpc) is 2.29. The zero-order chi connectivity index (χ0) is 11.3. The van der Waals surface area contributed by atoms with Gasteiger partial charge in [0.2, 0.25) is 0 Å². The highest BCUT2D eigenvalue weighted by Gasteiger charge is 2.05. The van der Waals surface area contributed by atoms with Crippen LogP contribution in [0.3, 0.4) is 0 Å². The first-order valence-corrected chi connectivity index (χ1v) is 4.95. The van der Waals surface area contributed by atoms with Crippen molar-refractivity contribution in [3.8, 4) is 0 Å². The first-order chi connectivity index (χ1) is 7.17. The van der Waals surface area contributed by atoms with Gasteiger partial charge in [-0.2, -0.15) is 0 Å². The molecule has 0 N–H and O–H groups in total. The fourth-order valence-corrected chi connectivity index (χ4v) is 1.28. The molecule has 1 aromatic carbocycles. The smallest absolute Gasteiger partial charge is 0.309 e. The molecule has 3 nitrogen and oxygen atoms in total. The summed E-state index contributed by atoms with van der Waals surface area (Å²) in [6.45, 7) is 0. The number of benzene rings is 1. The third-order valence-electron chi connectivity index (χ3n) is 1.97. The van der Waals surface area contributed by atoms with Crippen LogP contribution in [-0.4, -0.2) is 24.7 Å². The molecule has 0 amide bonds. The Balaban J connectivity index is 2.72. The highest BCUT2D eigenvalue weighted by atomic mass is 35.5. The molecule has 0 spiro atoms. The van der Waals surface area contributed by atoms with Crippen molar-refractivity contribution in [3.63, 3.8) is 0 Å². The van der Waals surface area contributed by atoms with E-state index >= 15 is 0 Å². The Hall–Kier alpha value is -1.35. The van der Waals surface area contributed by atoms with E-state index in [9.17, 15) is 9.59 Å². The van der Waals surface area contributed by atoms with E-state index in [4.69, 9.17) is 11.6 Å². The second-order valence-corrected chi connectivity index (χ2v) is 3.27. The molecule has 0 aliphatic heterocycles. The summed E-state index contributed by atoms with van der Waals surface area (Å²) in [7, 11) is 1.34. The van der Waals surface area contributed by atoms with Gasteiger partial charge in [-0.25, -0.2) is 0 Å². The number of hydrogen-bond acceptors (Lipinski definition) is 3. The van der Waals surface area contributed by atoms with Crippen LogP contribution in [0.1, 0.15) is 15.9 Å². The van der Waals surface area contributed by atoms with Crippen molar-refractivity contribution in [1.82, 2.24) is 0 Å². The fourth-order valence-electron chi connectivity index (χ4n) is 1.12. The van der Waals surface area contributed by atoms with E-state index in [1.807, 2.05) is 0 Å². The van der Waals surface area contributed by atoms with E-state index in [0.717, 1.165) is 5.56 Å². The molecule has 0 unspecified atom stereocenters. The van der Waals surface area contributed by atoms with Gasteiger partial charge in [-0.15, -0.1) is 11.6 Å². The molecule has 1 aromatic rings. The third kappa shape index (κ3) is 3.36. The normalized spacial score (nSPS) is 9.73. The van der Waals surface area contributed by atoms with E-state index < -0.39 is 0 Å². The third-order valence-corrected chi connectivity index (χ3v) is 2.22. The predicted molar refractivity (Wildman–Crippen MR) is 57.2 cm³/mol. The number of methoxy groups -OCH3 is 1. The minimum Gasteiger partial charge on any atom is -0.469 e. The second kappa shape index (κ2) is 5.51. The number of alkyl halides is 1. The van der Waals surface area contributed by atoms with Gasteiger partial charge >= 0.3 is 5.97 Å². The van der Waals surface area contributed by atoms with Gasteiger partial charge in [-0.05, 0) is 5.56 Å². The summed E-state index contributed by atoms with van der Waals surface area (Å²) >= 11 is 5.41. The highest BCUT2D eigenvalue weighted by molar-refractivity contribution is 6.30. The van der Waals surface area contributed by atoms with Crippen molar-refractivity contribution in [2.75, 3.05) is 13.0 Å². The van der Waals surface area contributed by atoms with Crippen LogP contribution < -0.4 is 0 Å². The standard InChI is InChI=1S/C11H11ClO3/c1-15-11(14)6-8-2-4-9(5-3-8)10(13)7-12/h2-5H,6-7H2,1H3. The summed E-state index contributed by atoms with van der Waals surface area (Å²) in [4.78, 5) is 22.1. The van der Waals surface area contributed by atoms with Crippen molar-refractivity contribution < 1.29 is 14.3 Å². The molecule has 4 heteroatoms. The molecule has 80 valence electrons. The summed E-state index contributed by atoms with van der Waals surface area (Å²) in [5.74, 6) is -0.455. The summed E-state index contributed by atoms with van der Waals surface area (Å²) in [5, 5.41) is 0. The van der Waals surface area contributed by atoms with Gasteiger partial charge in [-0.1, -0.05) is 24.3 Å². The van der Waals surface area contributed by atoms with Gasteiger partial charge in [0.15, 0.2) is 5.78 Å². The zero-order valence-corrected chi connectivity index (χ0v) is 9.08. The lowest BCUT2D eigenvalue weighted by atomic mass is 10.1. The monoisotopic (exact) mass is 226 g/mol. The van der Waals surface area contributed by atoms with Crippen LogP contribution in [0, 0.1) is 0 Å². The number of hydrogen-bond donors (Lipinski definition) is 0. The topological polar surface area (TPSA) is 43.4 Å². The average molecular weight is 227 g/mol. The van der Waals surface area contributed by atoms with E-state index in [2.05, 4.69) is 4.74 Å². The largest absolute Gasteiger partial charge is 0.469 e. The van der Waals surface area contributed by atoms with E-state index in [-0.39, 0.29) is 24.1 Å². The molecule has 0 saturated carbocycles. The zero-order valence-electron chi connectivity index (χ0n) is 8.33. The Morgan fingerprint density at radius 3 is 2.33 bits per heavy atom. The minimum atomic E-state index is -0.300. The van der Waals surface area contributed by atoms with Gasteiger partial charge in [0.1, 0.15) is 0 Å². The number of carbonyl (C=O) groups is 2. The lowest BCUT2D eigenvalue weighted by Crippen LogP contribution is -2.05. The van der Waals surface area contributed by atoms with Crippen LogP contribution in [0.5, 0.6) is 0 Å². The quantitative estimate of drug-likeness (QED) is 0.447. The fraction of sp³-hybridized carbons (Fsp3) is 0.273. The molecule has 0 aliphatic rings. The first-order valence-electron chi connectivity index (χ1n) is 4.42. The summed E-state index contributed by atoms with van der Waals surface area (Å²) in [6.07, 6.45) is 0.214. The second-order valence-electron chi connectivity index (χ2n) is 3.01. The number of carbonyl (C=O) groups excluding carboxylic acids is 2. The van der Waals surface area contributed by atoms with E-state index in [1.165, 1.54) is 7.11 Å². The molecule has 0 saturated heterocycles. The molecule has 0 aromatic heterocycles. The number of ketones is 1. The summed E-state index contributed by atoms with van der Waals surface area (Å²) in [6, 6.07) is 6.75. The van der Waals surface area contributed by atoms with Crippen molar-refractivity contribution in [2.45, 2.75) is 6.42 Å². The molecular weight excluding hydrogens is 216 g/mol. The van der Waals surface area contributed by atoms with Gasteiger partial charge < -0.3 is 4.74 Å². The van der Waals surface area contributed by atoms with Gasteiger partial charge in [0, 0.05) is 5.56 Å². The molecule has 0 radical (unpaired) electrons. The van der Waals surface area contributed by atoms with Crippen LogP contribution in [0.15, 0.2) is 24.3 Å².